The van der Waals surface area contributed by atoms with E-state index in [9.17, 15) is 9.18 Å². The third-order valence-electron chi connectivity index (χ3n) is 3.65. The standard InChI is InChI=1S/C19H15FN2OS/c1-4-9-22-16-11-12(2)10-13(3)17(16)24-19(22)21-18(23)14-5-7-15(20)8-6-14/h1,5-8,10-11H,9H2,2-3H3. The molecular weight excluding hydrogens is 323 g/mol. The van der Waals surface area contributed by atoms with Crippen molar-refractivity contribution in [2.45, 2.75) is 20.4 Å². The topological polar surface area (TPSA) is 34.4 Å². The van der Waals surface area contributed by atoms with Crippen LogP contribution >= 0.6 is 11.3 Å². The number of hydrogen-bond acceptors (Lipinski definition) is 2. The van der Waals surface area contributed by atoms with Gasteiger partial charge >= 0.3 is 0 Å². The molecule has 0 atom stereocenters. The van der Waals surface area contributed by atoms with Crippen LogP contribution in [0.25, 0.3) is 10.2 Å². The van der Waals surface area contributed by atoms with Crippen LogP contribution in [0.5, 0.6) is 0 Å². The van der Waals surface area contributed by atoms with Gasteiger partial charge in [0.2, 0.25) is 0 Å². The summed E-state index contributed by atoms with van der Waals surface area (Å²) in [5.74, 6) is 1.81. The highest BCUT2D eigenvalue weighted by Gasteiger charge is 2.11. The number of aryl methyl sites for hydroxylation is 2. The lowest BCUT2D eigenvalue weighted by molar-refractivity contribution is 0.0998. The first-order valence-corrected chi connectivity index (χ1v) is 8.20. The van der Waals surface area contributed by atoms with Crippen LogP contribution in [0.3, 0.4) is 0 Å². The Hall–Kier alpha value is -2.71. The number of nitrogens with zero attached hydrogens (tertiary/aromatic N) is 2. The molecule has 0 saturated heterocycles. The number of benzene rings is 2. The van der Waals surface area contributed by atoms with Crippen LogP contribution < -0.4 is 4.80 Å². The molecule has 5 heteroatoms. The molecule has 0 aliphatic heterocycles. The van der Waals surface area contributed by atoms with Gasteiger partial charge in [-0.15, -0.1) is 6.42 Å². The first-order valence-electron chi connectivity index (χ1n) is 7.38. The molecule has 0 unspecified atom stereocenters. The fourth-order valence-corrected chi connectivity index (χ4v) is 3.66. The van der Waals surface area contributed by atoms with Crippen molar-refractivity contribution in [3.05, 3.63) is 63.7 Å². The molecule has 3 nitrogen and oxygen atoms in total. The van der Waals surface area contributed by atoms with Gasteiger partial charge in [0.25, 0.3) is 5.91 Å². The van der Waals surface area contributed by atoms with Crippen LogP contribution in [0.15, 0.2) is 41.4 Å². The summed E-state index contributed by atoms with van der Waals surface area (Å²) in [6.45, 7) is 4.38. The quantitative estimate of drug-likeness (QED) is 0.654. The second-order valence-electron chi connectivity index (χ2n) is 5.53. The lowest BCUT2D eigenvalue weighted by atomic mass is 10.1. The molecule has 0 saturated carbocycles. The van der Waals surface area contributed by atoms with Crippen LogP contribution in [0, 0.1) is 32.0 Å². The SMILES string of the molecule is C#CCn1c(=NC(=O)c2ccc(F)cc2)sc2c(C)cc(C)cc21. The normalized spacial score (nSPS) is 11.7. The van der Waals surface area contributed by atoms with Gasteiger partial charge in [0.05, 0.1) is 16.8 Å². The Morgan fingerprint density at radius 1 is 1.29 bits per heavy atom. The number of fused-ring (bicyclic) bond motifs is 1. The van der Waals surface area contributed by atoms with Crippen molar-refractivity contribution in [3.63, 3.8) is 0 Å². The molecule has 3 aromatic rings. The van der Waals surface area contributed by atoms with E-state index < -0.39 is 5.91 Å². The smallest absolute Gasteiger partial charge is 0.279 e. The zero-order valence-electron chi connectivity index (χ0n) is 13.3. The summed E-state index contributed by atoms with van der Waals surface area (Å²) < 4.78 is 15.9. The Morgan fingerprint density at radius 2 is 2.00 bits per heavy atom. The second-order valence-corrected chi connectivity index (χ2v) is 6.51. The fourth-order valence-electron chi connectivity index (χ4n) is 2.59. The van der Waals surface area contributed by atoms with Crippen molar-refractivity contribution in [2.75, 3.05) is 0 Å². The first kappa shape index (κ1) is 16.2. The van der Waals surface area contributed by atoms with Crippen molar-refractivity contribution in [3.8, 4) is 12.3 Å². The molecule has 120 valence electrons. The molecule has 0 bridgehead atoms. The highest BCUT2D eigenvalue weighted by Crippen LogP contribution is 2.23. The van der Waals surface area contributed by atoms with Crippen LogP contribution in [-0.4, -0.2) is 10.5 Å². The van der Waals surface area contributed by atoms with Crippen molar-refractivity contribution in [2.24, 2.45) is 4.99 Å². The number of aromatic nitrogens is 1. The number of rotatable bonds is 2. The van der Waals surface area contributed by atoms with Gasteiger partial charge in [0.1, 0.15) is 5.82 Å². The number of halogens is 1. The van der Waals surface area contributed by atoms with Gasteiger partial charge < -0.3 is 4.57 Å². The monoisotopic (exact) mass is 338 g/mol. The van der Waals surface area contributed by atoms with Crippen molar-refractivity contribution in [1.29, 1.82) is 0 Å². The summed E-state index contributed by atoms with van der Waals surface area (Å²) in [5.41, 5.74) is 3.56. The van der Waals surface area contributed by atoms with E-state index in [0.29, 0.717) is 16.9 Å². The third-order valence-corrected chi connectivity index (χ3v) is 4.88. The van der Waals surface area contributed by atoms with Crippen LogP contribution in [0.1, 0.15) is 21.5 Å². The van der Waals surface area contributed by atoms with E-state index in [1.54, 1.807) is 0 Å². The van der Waals surface area contributed by atoms with E-state index >= 15 is 0 Å². The largest absolute Gasteiger partial charge is 0.305 e. The number of thiazole rings is 1. The lowest BCUT2D eigenvalue weighted by Gasteiger charge is -2.02. The average Bonchev–Trinajstić information content (AvgIpc) is 2.87. The molecule has 0 spiro atoms. The second kappa shape index (κ2) is 6.42. The van der Waals surface area contributed by atoms with Gasteiger partial charge in [-0.05, 0) is 55.3 Å². The number of amides is 1. The van der Waals surface area contributed by atoms with Crippen LogP contribution in [-0.2, 0) is 6.54 Å². The highest BCUT2D eigenvalue weighted by atomic mass is 32.1. The molecule has 0 N–H and O–H groups in total. The van der Waals surface area contributed by atoms with Crippen LogP contribution in [0.2, 0.25) is 0 Å². The number of hydrogen-bond donors (Lipinski definition) is 0. The van der Waals surface area contributed by atoms with Crippen molar-refractivity contribution >= 4 is 27.5 Å². The van der Waals surface area contributed by atoms with Gasteiger partial charge in [0.15, 0.2) is 4.80 Å². The van der Waals surface area contributed by atoms with Crippen LogP contribution in [0.4, 0.5) is 4.39 Å². The van der Waals surface area contributed by atoms with Gasteiger partial charge in [0, 0.05) is 5.56 Å². The molecule has 0 radical (unpaired) electrons. The molecule has 0 aliphatic carbocycles. The van der Waals surface area contributed by atoms with Gasteiger partial charge in [-0.3, -0.25) is 4.79 Å². The molecule has 0 aliphatic rings. The fraction of sp³-hybridized carbons (Fsp3) is 0.158. The molecule has 2 aromatic carbocycles. The zero-order valence-corrected chi connectivity index (χ0v) is 14.2. The van der Waals surface area contributed by atoms with E-state index in [1.165, 1.54) is 35.6 Å². The third kappa shape index (κ3) is 3.01. The van der Waals surface area contributed by atoms with Gasteiger partial charge in [-0.1, -0.05) is 23.3 Å². The Balaban J connectivity index is 2.19. The first-order chi connectivity index (χ1) is 11.5. The van der Waals surface area contributed by atoms with E-state index in [4.69, 9.17) is 6.42 Å². The summed E-state index contributed by atoms with van der Waals surface area (Å²) in [6, 6.07) is 9.47. The lowest BCUT2D eigenvalue weighted by Crippen LogP contribution is -2.16. The average molecular weight is 338 g/mol. The van der Waals surface area contributed by atoms with E-state index in [-0.39, 0.29) is 5.82 Å². The number of terminal acetylenes is 1. The van der Waals surface area contributed by atoms with Gasteiger partial charge in [-0.2, -0.15) is 4.99 Å². The molecule has 3 rings (SSSR count). The number of carbonyl (C=O) groups is 1. The van der Waals surface area contributed by atoms with Gasteiger partial charge in [-0.25, -0.2) is 4.39 Å². The summed E-state index contributed by atoms with van der Waals surface area (Å²) >= 11 is 1.43. The Morgan fingerprint density at radius 3 is 2.67 bits per heavy atom. The molecule has 24 heavy (non-hydrogen) atoms. The molecule has 1 amide bonds. The summed E-state index contributed by atoms with van der Waals surface area (Å²) in [6.07, 6.45) is 5.48. The Kier molecular flexibility index (Phi) is 4.32. The summed E-state index contributed by atoms with van der Waals surface area (Å²) in [5, 5.41) is 0. The minimum Gasteiger partial charge on any atom is -0.305 e. The maximum absolute atomic E-state index is 13.0. The predicted octanol–water partition coefficient (Wildman–Crippen LogP) is 3.83. The molecule has 1 heterocycles. The van der Waals surface area contributed by atoms with E-state index in [1.807, 2.05) is 24.5 Å². The predicted molar refractivity (Wildman–Crippen MR) is 94.4 cm³/mol. The Bertz CT molecular complexity index is 1040. The highest BCUT2D eigenvalue weighted by molar-refractivity contribution is 7.16. The van der Waals surface area contributed by atoms with Crippen molar-refractivity contribution in [1.82, 2.24) is 4.57 Å². The number of carbonyl (C=O) groups excluding carboxylic acids is 1. The zero-order chi connectivity index (χ0) is 17.3. The molecule has 1 aromatic heterocycles. The van der Waals surface area contributed by atoms with E-state index in [0.717, 1.165) is 21.3 Å². The molecule has 0 fully saturated rings. The maximum Gasteiger partial charge on any atom is 0.279 e. The minimum atomic E-state index is -0.415. The van der Waals surface area contributed by atoms with E-state index in [2.05, 4.69) is 17.0 Å². The summed E-state index contributed by atoms with van der Waals surface area (Å²) in [4.78, 5) is 17.1. The van der Waals surface area contributed by atoms with Crippen molar-refractivity contribution < 1.29 is 9.18 Å². The molecular formula is C19H15FN2OS. The minimum absolute atomic E-state index is 0.332. The Labute approximate surface area is 143 Å². The summed E-state index contributed by atoms with van der Waals surface area (Å²) in [7, 11) is 0. The maximum atomic E-state index is 13.0.